The van der Waals surface area contributed by atoms with Gasteiger partial charge >= 0.3 is 0 Å². The van der Waals surface area contributed by atoms with Gasteiger partial charge in [0.15, 0.2) is 0 Å². The van der Waals surface area contributed by atoms with E-state index in [-0.39, 0.29) is 6.61 Å². The van der Waals surface area contributed by atoms with Crippen molar-refractivity contribution in [2.45, 2.75) is 6.42 Å². The maximum atomic E-state index is 8.54. The summed E-state index contributed by atoms with van der Waals surface area (Å²) in [5, 5.41) is 9.51. The molecule has 2 nitrogen and oxygen atoms in total. The third-order valence-electron chi connectivity index (χ3n) is 1.67. The second-order valence-corrected chi connectivity index (χ2v) is 3.45. The van der Waals surface area contributed by atoms with Crippen molar-refractivity contribution in [2.75, 3.05) is 18.5 Å². The van der Waals surface area contributed by atoms with Crippen molar-refractivity contribution in [1.82, 2.24) is 0 Å². The molecule has 0 radical (unpaired) electrons. The third kappa shape index (κ3) is 3.79. The lowest BCUT2D eigenvalue weighted by Crippen LogP contribution is -2.01. The first-order chi connectivity index (χ1) is 6.36. The lowest BCUT2D eigenvalue weighted by molar-refractivity contribution is 0.201. The quantitative estimate of drug-likeness (QED) is 0.804. The zero-order valence-corrected chi connectivity index (χ0v) is 8.96. The van der Waals surface area contributed by atoms with Gasteiger partial charge in [0.2, 0.25) is 0 Å². The Morgan fingerprint density at radius 3 is 2.46 bits per heavy atom. The maximum Gasteiger partial charge on any atom is 0.119 e. The molecule has 0 amide bonds. The summed E-state index contributed by atoms with van der Waals surface area (Å²) in [6, 6.07) is 7.92. The maximum absolute atomic E-state index is 8.54. The Morgan fingerprint density at radius 2 is 1.92 bits per heavy atom. The highest BCUT2D eigenvalue weighted by molar-refractivity contribution is 9.09. The Kier molecular flexibility index (Phi) is 4.86. The predicted molar refractivity (Wildman–Crippen MR) is 56.5 cm³/mol. The number of rotatable bonds is 5. The lowest BCUT2D eigenvalue weighted by atomic mass is 10.2. The van der Waals surface area contributed by atoms with Crippen molar-refractivity contribution < 1.29 is 9.84 Å². The van der Waals surface area contributed by atoms with Gasteiger partial charge < -0.3 is 9.84 Å². The molecule has 1 aromatic carbocycles. The van der Waals surface area contributed by atoms with Crippen molar-refractivity contribution >= 4 is 15.9 Å². The van der Waals surface area contributed by atoms with E-state index in [4.69, 9.17) is 9.84 Å². The van der Waals surface area contributed by atoms with E-state index < -0.39 is 0 Å². The fraction of sp³-hybridized carbons (Fsp3) is 0.400. The molecule has 0 aromatic heterocycles. The summed E-state index contributed by atoms with van der Waals surface area (Å²) in [7, 11) is 0. The molecule has 0 aliphatic carbocycles. The van der Waals surface area contributed by atoms with Crippen LogP contribution in [-0.4, -0.2) is 23.7 Å². The molecule has 13 heavy (non-hydrogen) atoms. The van der Waals surface area contributed by atoms with E-state index in [0.29, 0.717) is 6.61 Å². The van der Waals surface area contributed by atoms with Crippen LogP contribution in [0.15, 0.2) is 24.3 Å². The normalized spacial score (nSPS) is 10.0. The minimum Gasteiger partial charge on any atom is -0.491 e. The van der Waals surface area contributed by atoms with Crippen LogP contribution in [-0.2, 0) is 6.42 Å². The van der Waals surface area contributed by atoms with Crippen LogP contribution in [0.5, 0.6) is 5.75 Å². The first-order valence-electron chi connectivity index (χ1n) is 4.25. The van der Waals surface area contributed by atoms with Crippen molar-refractivity contribution in [3.63, 3.8) is 0 Å². The van der Waals surface area contributed by atoms with Crippen LogP contribution in [0, 0.1) is 0 Å². The number of hydrogen-bond acceptors (Lipinski definition) is 2. The average Bonchev–Trinajstić information content (AvgIpc) is 2.17. The first kappa shape index (κ1) is 10.5. The third-order valence-corrected chi connectivity index (χ3v) is 2.06. The standard InChI is InChI=1S/C10H13BrO2/c11-6-5-9-1-3-10(4-2-9)13-8-7-12/h1-4,12H,5-8H2. The van der Waals surface area contributed by atoms with E-state index >= 15 is 0 Å². The molecule has 0 saturated carbocycles. The molecule has 1 rings (SSSR count). The van der Waals surface area contributed by atoms with Gasteiger partial charge in [0.25, 0.3) is 0 Å². The van der Waals surface area contributed by atoms with Gasteiger partial charge in [0.05, 0.1) is 6.61 Å². The molecule has 1 N–H and O–H groups in total. The lowest BCUT2D eigenvalue weighted by Gasteiger charge is -2.04. The molecule has 0 aliphatic heterocycles. The fourth-order valence-corrected chi connectivity index (χ4v) is 1.48. The number of aliphatic hydroxyl groups is 1. The zero-order chi connectivity index (χ0) is 9.52. The second kappa shape index (κ2) is 6.00. The number of halogens is 1. The Hall–Kier alpha value is -0.540. The molecule has 0 bridgehead atoms. The number of hydrogen-bond donors (Lipinski definition) is 1. The van der Waals surface area contributed by atoms with Gasteiger partial charge in [0, 0.05) is 5.33 Å². The average molecular weight is 245 g/mol. The monoisotopic (exact) mass is 244 g/mol. The summed E-state index contributed by atoms with van der Waals surface area (Å²) in [4.78, 5) is 0. The largest absolute Gasteiger partial charge is 0.491 e. The molecule has 0 heterocycles. The van der Waals surface area contributed by atoms with Gasteiger partial charge in [0.1, 0.15) is 12.4 Å². The molecule has 0 atom stereocenters. The molecular formula is C10H13BrO2. The van der Waals surface area contributed by atoms with E-state index in [0.717, 1.165) is 17.5 Å². The molecular weight excluding hydrogens is 232 g/mol. The Morgan fingerprint density at radius 1 is 1.23 bits per heavy atom. The minimum absolute atomic E-state index is 0.0587. The van der Waals surface area contributed by atoms with Crippen LogP contribution in [0.2, 0.25) is 0 Å². The fourth-order valence-electron chi connectivity index (χ4n) is 1.02. The summed E-state index contributed by atoms with van der Waals surface area (Å²) < 4.78 is 5.23. The van der Waals surface area contributed by atoms with Crippen LogP contribution < -0.4 is 4.74 Å². The summed E-state index contributed by atoms with van der Waals surface area (Å²) in [6.45, 7) is 0.418. The zero-order valence-electron chi connectivity index (χ0n) is 7.37. The van der Waals surface area contributed by atoms with Crippen molar-refractivity contribution in [2.24, 2.45) is 0 Å². The number of aryl methyl sites for hydroxylation is 1. The van der Waals surface area contributed by atoms with Gasteiger partial charge in [-0.25, -0.2) is 0 Å². The molecule has 0 unspecified atom stereocenters. The molecule has 0 fully saturated rings. The van der Waals surface area contributed by atoms with Gasteiger partial charge in [-0.3, -0.25) is 0 Å². The highest BCUT2D eigenvalue weighted by atomic mass is 79.9. The summed E-state index contributed by atoms with van der Waals surface area (Å²) in [5.74, 6) is 0.812. The highest BCUT2D eigenvalue weighted by Gasteiger charge is 1.94. The Labute approximate surface area is 86.7 Å². The molecule has 1 aromatic rings. The molecule has 0 saturated heterocycles. The summed E-state index contributed by atoms with van der Waals surface area (Å²) >= 11 is 3.38. The second-order valence-electron chi connectivity index (χ2n) is 2.66. The number of alkyl halides is 1. The summed E-state index contributed by atoms with van der Waals surface area (Å²) in [6.07, 6.45) is 1.03. The first-order valence-corrected chi connectivity index (χ1v) is 5.37. The van der Waals surface area contributed by atoms with Crippen LogP contribution >= 0.6 is 15.9 Å². The number of benzene rings is 1. The SMILES string of the molecule is OCCOc1ccc(CCBr)cc1. The number of aliphatic hydroxyl groups excluding tert-OH is 1. The van der Waals surface area contributed by atoms with Gasteiger partial charge in [-0.05, 0) is 24.1 Å². The molecule has 0 aliphatic rings. The van der Waals surface area contributed by atoms with E-state index in [1.54, 1.807) is 0 Å². The Bertz CT molecular complexity index is 233. The minimum atomic E-state index is 0.0587. The van der Waals surface area contributed by atoms with E-state index in [9.17, 15) is 0 Å². The van der Waals surface area contributed by atoms with E-state index in [2.05, 4.69) is 15.9 Å². The smallest absolute Gasteiger partial charge is 0.119 e. The van der Waals surface area contributed by atoms with Gasteiger partial charge in [-0.15, -0.1) is 0 Å². The Balaban J connectivity index is 2.48. The molecule has 3 heteroatoms. The van der Waals surface area contributed by atoms with Crippen molar-refractivity contribution in [3.05, 3.63) is 29.8 Å². The molecule has 72 valence electrons. The highest BCUT2D eigenvalue weighted by Crippen LogP contribution is 2.12. The predicted octanol–water partition coefficient (Wildman–Crippen LogP) is 2.00. The van der Waals surface area contributed by atoms with Crippen LogP contribution in [0.4, 0.5) is 0 Å². The van der Waals surface area contributed by atoms with Crippen molar-refractivity contribution in [3.8, 4) is 5.75 Å². The topological polar surface area (TPSA) is 29.5 Å². The van der Waals surface area contributed by atoms with E-state index in [1.165, 1.54) is 5.56 Å². The number of ether oxygens (including phenoxy) is 1. The summed E-state index contributed by atoms with van der Waals surface area (Å²) in [5.41, 5.74) is 1.29. The van der Waals surface area contributed by atoms with Gasteiger partial charge in [-0.1, -0.05) is 28.1 Å². The molecule has 0 spiro atoms. The van der Waals surface area contributed by atoms with Crippen LogP contribution in [0.1, 0.15) is 5.56 Å². The van der Waals surface area contributed by atoms with Crippen LogP contribution in [0.25, 0.3) is 0 Å². The van der Waals surface area contributed by atoms with Crippen molar-refractivity contribution in [1.29, 1.82) is 0 Å². The van der Waals surface area contributed by atoms with Crippen LogP contribution in [0.3, 0.4) is 0 Å². The van der Waals surface area contributed by atoms with E-state index in [1.807, 2.05) is 24.3 Å². The van der Waals surface area contributed by atoms with Gasteiger partial charge in [-0.2, -0.15) is 0 Å².